The second kappa shape index (κ2) is 8.81. The summed E-state index contributed by atoms with van der Waals surface area (Å²) in [6, 6.07) is 4.63. The highest BCUT2D eigenvalue weighted by molar-refractivity contribution is 7.92. The van der Waals surface area contributed by atoms with Crippen LogP contribution in [0, 0.1) is 13.8 Å². The van der Waals surface area contributed by atoms with E-state index in [-0.39, 0.29) is 27.7 Å². The smallest absolute Gasteiger partial charge is 0.286 e. The van der Waals surface area contributed by atoms with Crippen LogP contribution in [-0.4, -0.2) is 24.4 Å². The molecule has 3 rings (SSSR count). The molecule has 3 aromatic rings. The first-order chi connectivity index (χ1) is 15.2. The largest absolute Gasteiger partial charge is 0.417 e. The highest BCUT2D eigenvalue weighted by Gasteiger charge is 2.35. The number of aryl methyl sites for hydroxylation is 1. The number of halogens is 5. The van der Waals surface area contributed by atoms with Gasteiger partial charge in [-0.15, -0.1) is 0 Å². The average molecular weight is 521 g/mol. The number of benzene rings is 1. The number of rotatable bonds is 5. The Balaban J connectivity index is 2.10. The first-order valence-corrected chi connectivity index (χ1v) is 11.3. The van der Waals surface area contributed by atoms with Gasteiger partial charge in [-0.05, 0) is 36.8 Å². The molecule has 1 aromatic carbocycles. The fraction of sp³-hybridized carbons (Fsp3) is 0.150. The molecule has 0 atom stereocenters. The van der Waals surface area contributed by atoms with Gasteiger partial charge in [0.2, 0.25) is 17.7 Å². The Bertz CT molecular complexity index is 1380. The van der Waals surface area contributed by atoms with Crippen molar-refractivity contribution in [3.63, 3.8) is 0 Å². The number of nitrogens with zero attached hydrogens (tertiary/aromatic N) is 2. The van der Waals surface area contributed by atoms with Gasteiger partial charge in [-0.3, -0.25) is 14.7 Å². The molecule has 0 saturated carbocycles. The van der Waals surface area contributed by atoms with Gasteiger partial charge < -0.3 is 0 Å². The maximum absolute atomic E-state index is 13.2. The van der Waals surface area contributed by atoms with Crippen molar-refractivity contribution in [1.29, 1.82) is 0 Å². The highest BCUT2D eigenvalue weighted by Crippen LogP contribution is 2.36. The predicted molar refractivity (Wildman–Crippen MR) is 113 cm³/mol. The summed E-state index contributed by atoms with van der Waals surface area (Å²) in [7, 11) is -4.61. The molecule has 13 heteroatoms. The molecule has 0 bridgehead atoms. The van der Waals surface area contributed by atoms with E-state index in [9.17, 15) is 31.6 Å². The number of ketones is 1. The highest BCUT2D eigenvalue weighted by atomic mass is 35.5. The van der Waals surface area contributed by atoms with Crippen LogP contribution in [0.1, 0.15) is 32.9 Å². The van der Waals surface area contributed by atoms with Gasteiger partial charge in [0.05, 0.1) is 31.8 Å². The zero-order valence-corrected chi connectivity index (χ0v) is 19.2. The van der Waals surface area contributed by atoms with E-state index < -0.39 is 37.5 Å². The average Bonchev–Trinajstić information content (AvgIpc) is 2.70. The van der Waals surface area contributed by atoms with Crippen molar-refractivity contribution in [3.8, 4) is 0 Å². The second-order valence-corrected chi connectivity index (χ2v) is 9.45. The second-order valence-electron chi connectivity index (χ2n) is 6.93. The third kappa shape index (κ3) is 5.05. The maximum Gasteiger partial charge on any atom is 0.417 e. The Morgan fingerprint density at radius 3 is 2.45 bits per heavy atom. The van der Waals surface area contributed by atoms with Crippen LogP contribution in [-0.2, 0) is 16.2 Å². The SMILES string of the molecule is Cc1cc[n+](O)c(C)c1C(=O)c1ncc(Cl)cc1NS(=O)(=O)c1ccc(Cl)c(C(F)(F)F)c1. The van der Waals surface area contributed by atoms with E-state index in [2.05, 4.69) is 9.71 Å². The van der Waals surface area contributed by atoms with E-state index in [0.717, 1.165) is 24.4 Å². The number of sulfonamides is 1. The van der Waals surface area contributed by atoms with Gasteiger partial charge in [0.1, 0.15) is 5.69 Å². The van der Waals surface area contributed by atoms with Crippen molar-refractivity contribution >= 4 is 44.7 Å². The molecule has 0 spiro atoms. The molecule has 2 N–H and O–H groups in total. The van der Waals surface area contributed by atoms with Crippen molar-refractivity contribution in [3.05, 3.63) is 80.8 Å². The van der Waals surface area contributed by atoms with Gasteiger partial charge in [0.15, 0.2) is 0 Å². The van der Waals surface area contributed by atoms with Crippen LogP contribution < -0.4 is 9.45 Å². The summed E-state index contributed by atoms with van der Waals surface area (Å²) in [4.78, 5) is 16.4. The third-order valence-corrected chi connectivity index (χ3v) is 6.56. The summed E-state index contributed by atoms with van der Waals surface area (Å²) in [5, 5.41) is 9.19. The quantitative estimate of drug-likeness (QED) is 0.291. The molecule has 0 aliphatic rings. The van der Waals surface area contributed by atoms with E-state index in [1.165, 1.54) is 19.2 Å². The number of hydrogen-bond donors (Lipinski definition) is 2. The maximum atomic E-state index is 13.2. The van der Waals surface area contributed by atoms with E-state index in [4.69, 9.17) is 23.2 Å². The van der Waals surface area contributed by atoms with E-state index >= 15 is 0 Å². The number of alkyl halides is 3. The number of nitrogens with one attached hydrogen (secondary N) is 1. The van der Waals surface area contributed by atoms with Crippen molar-refractivity contribution < 1.29 is 36.3 Å². The normalized spacial score (nSPS) is 12.0. The van der Waals surface area contributed by atoms with Gasteiger partial charge >= 0.3 is 6.18 Å². The Labute approximate surface area is 196 Å². The Hall–Kier alpha value is -2.89. The summed E-state index contributed by atoms with van der Waals surface area (Å²) in [6.45, 7) is 3.07. The standard InChI is InChI=1S/C20H14Cl2F3N3O4S/c1-10-5-6-28(30)11(2)17(10)19(29)18-16(7-12(21)9-26-18)27-33(31,32)13-3-4-15(22)14(8-13)20(23,24)25/h3-9H,1-2H3,(H-,27,29,30)/p+1. The Kier molecular flexibility index (Phi) is 6.60. The minimum absolute atomic E-state index is 0.0323. The first-order valence-electron chi connectivity index (χ1n) is 9.03. The molecular formula is C20H15Cl2F3N3O4S+. The molecule has 0 radical (unpaired) electrons. The molecule has 0 fully saturated rings. The molecule has 174 valence electrons. The van der Waals surface area contributed by atoms with Gasteiger partial charge in [-0.2, -0.15) is 13.2 Å². The molecule has 0 aliphatic heterocycles. The Morgan fingerprint density at radius 2 is 1.82 bits per heavy atom. The zero-order chi connectivity index (χ0) is 24.7. The van der Waals surface area contributed by atoms with Gasteiger partial charge in [-0.25, -0.2) is 13.4 Å². The monoisotopic (exact) mass is 520 g/mol. The van der Waals surface area contributed by atoms with E-state index in [0.29, 0.717) is 16.4 Å². The topological polar surface area (TPSA) is 100 Å². The first kappa shape index (κ1) is 24.7. The van der Waals surface area contributed by atoms with Crippen LogP contribution in [0.5, 0.6) is 0 Å². The molecule has 7 nitrogen and oxygen atoms in total. The number of hydrogen-bond acceptors (Lipinski definition) is 5. The lowest BCUT2D eigenvalue weighted by atomic mass is 10.0. The Morgan fingerprint density at radius 1 is 1.15 bits per heavy atom. The van der Waals surface area contributed by atoms with Crippen LogP contribution in [0.4, 0.5) is 18.9 Å². The van der Waals surface area contributed by atoms with Crippen LogP contribution in [0.3, 0.4) is 0 Å². The van der Waals surface area contributed by atoms with E-state index in [1.54, 1.807) is 6.92 Å². The molecule has 0 unspecified atom stereocenters. The van der Waals surface area contributed by atoms with Crippen LogP contribution in [0.2, 0.25) is 10.0 Å². The lowest BCUT2D eigenvalue weighted by Gasteiger charge is -2.14. The minimum atomic E-state index is -4.89. The number of anilines is 1. The van der Waals surface area contributed by atoms with Crippen LogP contribution >= 0.6 is 23.2 Å². The van der Waals surface area contributed by atoms with E-state index in [1.807, 2.05) is 0 Å². The van der Waals surface area contributed by atoms with Crippen molar-refractivity contribution in [2.24, 2.45) is 0 Å². The number of pyridine rings is 2. The van der Waals surface area contributed by atoms with Gasteiger partial charge in [0, 0.05) is 23.9 Å². The molecule has 0 aliphatic carbocycles. The lowest BCUT2D eigenvalue weighted by Crippen LogP contribution is -2.35. The van der Waals surface area contributed by atoms with Crippen molar-refractivity contribution in [2.45, 2.75) is 24.9 Å². The number of carbonyl (C=O) groups excluding carboxylic acids is 1. The lowest BCUT2D eigenvalue weighted by molar-refractivity contribution is -0.908. The van der Waals surface area contributed by atoms with Crippen molar-refractivity contribution in [1.82, 2.24) is 4.98 Å². The molecular weight excluding hydrogens is 506 g/mol. The summed E-state index contributed by atoms with van der Waals surface area (Å²) >= 11 is 11.5. The van der Waals surface area contributed by atoms with Gasteiger partial charge in [0.25, 0.3) is 10.0 Å². The molecule has 0 saturated heterocycles. The van der Waals surface area contributed by atoms with Crippen LogP contribution in [0.25, 0.3) is 0 Å². The number of carbonyl (C=O) groups is 1. The van der Waals surface area contributed by atoms with Crippen molar-refractivity contribution in [2.75, 3.05) is 4.72 Å². The van der Waals surface area contributed by atoms with Gasteiger partial charge in [-0.1, -0.05) is 23.2 Å². The fourth-order valence-electron chi connectivity index (χ4n) is 3.03. The minimum Gasteiger partial charge on any atom is -0.286 e. The fourth-order valence-corrected chi connectivity index (χ4v) is 4.50. The predicted octanol–water partition coefficient (Wildman–Crippen LogP) is 4.58. The summed E-state index contributed by atoms with van der Waals surface area (Å²) < 4.78 is 68.0. The molecule has 0 amide bonds. The molecule has 33 heavy (non-hydrogen) atoms. The third-order valence-electron chi connectivity index (χ3n) is 4.66. The zero-order valence-electron chi connectivity index (χ0n) is 16.9. The molecule has 2 heterocycles. The van der Waals surface area contributed by atoms with Crippen LogP contribution in [0.15, 0.2) is 47.6 Å². The summed E-state index contributed by atoms with van der Waals surface area (Å²) in [6.07, 6.45) is -2.46. The molecule has 2 aromatic heterocycles. The number of aromatic nitrogens is 2. The summed E-state index contributed by atoms with van der Waals surface area (Å²) in [5.74, 6) is -0.741. The summed E-state index contributed by atoms with van der Waals surface area (Å²) in [5.41, 5.74) is -1.37.